The number of hydrogen-bond acceptors (Lipinski definition) is 3. The van der Waals surface area contributed by atoms with Gasteiger partial charge < -0.3 is 15.7 Å². The zero-order valence-electron chi connectivity index (χ0n) is 12.3. The molecular formula is C13H26N2O3S. The summed E-state index contributed by atoms with van der Waals surface area (Å²) >= 11 is 1.77. The summed E-state index contributed by atoms with van der Waals surface area (Å²) in [6.45, 7) is 6.88. The number of urea groups is 1. The molecule has 19 heavy (non-hydrogen) atoms. The molecule has 1 unspecified atom stereocenters. The van der Waals surface area contributed by atoms with Gasteiger partial charge in [0.15, 0.2) is 0 Å². The van der Waals surface area contributed by atoms with Crippen molar-refractivity contribution in [3.63, 3.8) is 0 Å². The summed E-state index contributed by atoms with van der Waals surface area (Å²) in [7, 11) is 0. The minimum Gasteiger partial charge on any atom is -0.481 e. The second-order valence-electron chi connectivity index (χ2n) is 4.73. The van der Waals surface area contributed by atoms with E-state index < -0.39 is 11.9 Å². The molecule has 0 radical (unpaired) electrons. The number of carboxylic acid groups (broad SMARTS) is 1. The Labute approximate surface area is 119 Å². The highest BCUT2D eigenvalue weighted by molar-refractivity contribution is 8.00. The minimum atomic E-state index is -0.833. The van der Waals surface area contributed by atoms with E-state index in [4.69, 9.17) is 5.11 Å². The van der Waals surface area contributed by atoms with Gasteiger partial charge in [-0.05, 0) is 25.5 Å². The van der Waals surface area contributed by atoms with Gasteiger partial charge in [0.1, 0.15) is 0 Å². The van der Waals surface area contributed by atoms with Crippen molar-refractivity contribution in [1.82, 2.24) is 10.6 Å². The van der Waals surface area contributed by atoms with E-state index in [0.717, 1.165) is 12.8 Å². The maximum atomic E-state index is 11.6. The maximum Gasteiger partial charge on any atom is 0.314 e. The van der Waals surface area contributed by atoms with Crippen LogP contribution in [0, 0.1) is 5.92 Å². The molecule has 0 bridgehead atoms. The van der Waals surface area contributed by atoms with E-state index in [1.54, 1.807) is 18.7 Å². The van der Waals surface area contributed by atoms with Crippen LogP contribution in [0.2, 0.25) is 0 Å². The molecule has 0 aromatic rings. The van der Waals surface area contributed by atoms with E-state index in [-0.39, 0.29) is 10.8 Å². The molecule has 0 fully saturated rings. The van der Waals surface area contributed by atoms with Gasteiger partial charge in [0.2, 0.25) is 0 Å². The number of nitrogens with one attached hydrogen (secondary N) is 2. The highest BCUT2D eigenvalue weighted by Gasteiger charge is 2.25. The molecule has 0 aromatic heterocycles. The molecule has 0 aliphatic rings. The van der Waals surface area contributed by atoms with Gasteiger partial charge in [0.05, 0.1) is 5.92 Å². The Bertz CT molecular complexity index is 285. The number of carbonyl (C=O) groups is 2. The number of hydrogen-bond donors (Lipinski definition) is 3. The Morgan fingerprint density at radius 2 is 1.84 bits per heavy atom. The predicted molar refractivity (Wildman–Crippen MR) is 79.6 cm³/mol. The molecule has 2 amide bonds. The normalized spacial score (nSPS) is 12.8. The summed E-state index contributed by atoms with van der Waals surface area (Å²) in [5.41, 5.74) is 0. The number of thioether (sulfide) groups is 1. The van der Waals surface area contributed by atoms with Crippen LogP contribution in [0.25, 0.3) is 0 Å². The van der Waals surface area contributed by atoms with Gasteiger partial charge in [-0.3, -0.25) is 4.79 Å². The zero-order chi connectivity index (χ0) is 14.9. The first kappa shape index (κ1) is 18.1. The van der Waals surface area contributed by atoms with Crippen LogP contribution in [-0.4, -0.2) is 41.2 Å². The fraction of sp³-hybridized carbons (Fsp3) is 0.846. The lowest BCUT2D eigenvalue weighted by Gasteiger charge is -2.29. The molecule has 0 heterocycles. The van der Waals surface area contributed by atoms with E-state index in [1.807, 2.05) is 0 Å². The third-order valence-corrected chi connectivity index (χ3v) is 5.16. The van der Waals surface area contributed by atoms with Crippen LogP contribution in [0.1, 0.15) is 40.0 Å². The molecule has 1 atom stereocenters. The Morgan fingerprint density at radius 3 is 2.26 bits per heavy atom. The number of amides is 2. The smallest absolute Gasteiger partial charge is 0.314 e. The summed E-state index contributed by atoms with van der Waals surface area (Å²) in [6, 6.07) is -0.224. The van der Waals surface area contributed by atoms with Crippen LogP contribution in [0.15, 0.2) is 0 Å². The molecule has 0 aliphatic heterocycles. The van der Waals surface area contributed by atoms with Gasteiger partial charge in [0, 0.05) is 17.8 Å². The number of aliphatic carboxylic acids is 1. The van der Waals surface area contributed by atoms with Crippen molar-refractivity contribution in [2.45, 2.75) is 44.8 Å². The van der Waals surface area contributed by atoms with Crippen LogP contribution in [0.4, 0.5) is 4.79 Å². The number of rotatable bonds is 9. The first-order valence-electron chi connectivity index (χ1n) is 6.70. The van der Waals surface area contributed by atoms with Crippen molar-refractivity contribution >= 4 is 23.8 Å². The minimum absolute atomic E-state index is 0.0890. The van der Waals surface area contributed by atoms with E-state index in [1.165, 1.54) is 0 Å². The summed E-state index contributed by atoms with van der Waals surface area (Å²) in [5, 5.41) is 14.3. The summed E-state index contributed by atoms with van der Waals surface area (Å²) in [4.78, 5) is 22.2. The first-order chi connectivity index (χ1) is 8.90. The lowest BCUT2D eigenvalue weighted by molar-refractivity contribution is -0.141. The molecule has 0 spiro atoms. The molecule has 3 N–H and O–H groups in total. The zero-order valence-corrected chi connectivity index (χ0v) is 13.1. The number of carboxylic acids is 1. The molecule has 0 saturated carbocycles. The van der Waals surface area contributed by atoms with Gasteiger partial charge in [-0.2, -0.15) is 11.8 Å². The lowest BCUT2D eigenvalue weighted by Crippen LogP contribution is -2.44. The van der Waals surface area contributed by atoms with Crippen LogP contribution in [-0.2, 0) is 4.79 Å². The molecule has 6 heteroatoms. The SMILES string of the molecule is CCC(CC)(CNC(=O)NCCC(C)C(=O)O)SC. The molecule has 0 saturated heterocycles. The van der Waals surface area contributed by atoms with Gasteiger partial charge >= 0.3 is 12.0 Å². The van der Waals surface area contributed by atoms with E-state index >= 15 is 0 Å². The predicted octanol–water partition coefficient (Wildman–Crippen LogP) is 2.32. The molecule has 0 aliphatic carbocycles. The largest absolute Gasteiger partial charge is 0.481 e. The average molecular weight is 290 g/mol. The molecule has 5 nitrogen and oxygen atoms in total. The second kappa shape index (κ2) is 9.07. The van der Waals surface area contributed by atoms with Crippen molar-refractivity contribution in [1.29, 1.82) is 0 Å². The van der Waals surface area contributed by atoms with Gasteiger partial charge in [0.25, 0.3) is 0 Å². The second-order valence-corrected chi connectivity index (χ2v) is 6.01. The van der Waals surface area contributed by atoms with Gasteiger partial charge in [-0.1, -0.05) is 20.8 Å². The fourth-order valence-electron chi connectivity index (χ4n) is 1.69. The number of carbonyl (C=O) groups excluding carboxylic acids is 1. The molecule has 0 aromatic carbocycles. The topological polar surface area (TPSA) is 78.4 Å². The summed E-state index contributed by atoms with van der Waals surface area (Å²) < 4.78 is 0.0890. The lowest BCUT2D eigenvalue weighted by atomic mass is 10.0. The van der Waals surface area contributed by atoms with Crippen LogP contribution >= 0.6 is 11.8 Å². The fourth-order valence-corrected chi connectivity index (χ4v) is 2.48. The standard InChI is InChI=1S/C13H26N2O3S/c1-5-13(6-2,19-4)9-15-12(18)14-8-7-10(3)11(16)17/h10H,5-9H2,1-4H3,(H,16,17)(H2,14,15,18). The Morgan fingerprint density at radius 1 is 1.26 bits per heavy atom. The monoisotopic (exact) mass is 290 g/mol. The first-order valence-corrected chi connectivity index (χ1v) is 7.93. The van der Waals surface area contributed by atoms with Crippen LogP contribution < -0.4 is 10.6 Å². The third kappa shape index (κ3) is 6.71. The van der Waals surface area contributed by atoms with Gasteiger partial charge in [-0.15, -0.1) is 0 Å². The van der Waals surface area contributed by atoms with E-state index in [9.17, 15) is 9.59 Å². The Kier molecular flexibility index (Phi) is 8.63. The van der Waals surface area contributed by atoms with Gasteiger partial charge in [-0.25, -0.2) is 4.79 Å². The van der Waals surface area contributed by atoms with Crippen molar-refractivity contribution in [2.24, 2.45) is 5.92 Å². The highest BCUT2D eigenvalue weighted by Crippen LogP contribution is 2.29. The highest BCUT2D eigenvalue weighted by atomic mass is 32.2. The van der Waals surface area contributed by atoms with Crippen molar-refractivity contribution in [3.8, 4) is 0 Å². The van der Waals surface area contributed by atoms with Crippen LogP contribution in [0.5, 0.6) is 0 Å². The average Bonchev–Trinajstić information content (AvgIpc) is 2.40. The van der Waals surface area contributed by atoms with Crippen molar-refractivity contribution in [2.75, 3.05) is 19.3 Å². The molecular weight excluding hydrogens is 264 g/mol. The van der Waals surface area contributed by atoms with Crippen LogP contribution in [0.3, 0.4) is 0 Å². The van der Waals surface area contributed by atoms with Crippen molar-refractivity contribution in [3.05, 3.63) is 0 Å². The van der Waals surface area contributed by atoms with E-state index in [2.05, 4.69) is 30.7 Å². The third-order valence-electron chi connectivity index (χ3n) is 3.58. The summed E-state index contributed by atoms with van der Waals surface area (Å²) in [6.07, 6.45) is 4.50. The Balaban J connectivity index is 3.96. The van der Waals surface area contributed by atoms with Crippen molar-refractivity contribution < 1.29 is 14.7 Å². The maximum absolute atomic E-state index is 11.6. The Hall–Kier alpha value is -0.910. The molecule has 112 valence electrons. The van der Waals surface area contributed by atoms with E-state index in [0.29, 0.717) is 19.5 Å². The quantitative estimate of drug-likeness (QED) is 0.609. The summed E-state index contributed by atoms with van der Waals surface area (Å²) in [5.74, 6) is -1.27. The molecule has 0 rings (SSSR count).